The Morgan fingerprint density at radius 1 is 1.21 bits per heavy atom. The molecule has 2 N–H and O–H groups in total. The molecule has 3 nitrogen and oxygen atoms in total. The maximum Gasteiger partial charge on any atom is 0.227 e. The van der Waals surface area contributed by atoms with Gasteiger partial charge in [-0.1, -0.05) is 17.7 Å². The van der Waals surface area contributed by atoms with E-state index in [2.05, 4.69) is 0 Å². The fourth-order valence-corrected chi connectivity index (χ4v) is 3.34. The summed E-state index contributed by atoms with van der Waals surface area (Å²) in [5, 5.41) is 0.414. The Balaban J connectivity index is 1.79. The molecule has 126 valence electrons. The molecule has 0 saturated carbocycles. The van der Waals surface area contributed by atoms with Gasteiger partial charge >= 0.3 is 0 Å². The second-order valence-corrected chi connectivity index (χ2v) is 6.47. The van der Waals surface area contributed by atoms with Crippen molar-refractivity contribution in [1.82, 2.24) is 0 Å². The number of carbonyl (C=O) groups excluding carboxylic acids is 1. The first-order valence-electron chi connectivity index (χ1n) is 7.73. The number of carbonyl (C=O) groups is 1. The first-order valence-corrected chi connectivity index (χ1v) is 8.11. The molecule has 24 heavy (non-hydrogen) atoms. The molecule has 0 spiro atoms. The first-order chi connectivity index (χ1) is 11.4. The van der Waals surface area contributed by atoms with Gasteiger partial charge in [-0.05, 0) is 48.6 Å². The van der Waals surface area contributed by atoms with E-state index in [-0.39, 0.29) is 11.8 Å². The number of anilines is 2. The Bertz CT molecular complexity index is 782. The lowest BCUT2D eigenvalue weighted by Crippen LogP contribution is -2.41. The predicted molar refractivity (Wildman–Crippen MR) is 91.0 cm³/mol. The molecule has 1 saturated heterocycles. The van der Waals surface area contributed by atoms with Crippen LogP contribution in [0.15, 0.2) is 36.4 Å². The Morgan fingerprint density at radius 2 is 2.00 bits per heavy atom. The summed E-state index contributed by atoms with van der Waals surface area (Å²) in [6.45, 7) is 0.444. The van der Waals surface area contributed by atoms with Crippen LogP contribution in [0.3, 0.4) is 0 Å². The number of rotatable bonds is 3. The zero-order valence-corrected chi connectivity index (χ0v) is 13.7. The van der Waals surface area contributed by atoms with E-state index >= 15 is 0 Å². The van der Waals surface area contributed by atoms with Crippen LogP contribution in [-0.2, 0) is 11.2 Å². The fourth-order valence-electron chi connectivity index (χ4n) is 3.05. The lowest BCUT2D eigenvalue weighted by Gasteiger charge is -2.33. The number of hydrogen-bond acceptors (Lipinski definition) is 2. The zero-order valence-electron chi connectivity index (χ0n) is 12.9. The molecule has 1 unspecified atom stereocenters. The van der Waals surface area contributed by atoms with Crippen LogP contribution in [0.2, 0.25) is 5.02 Å². The molecule has 1 fully saturated rings. The molecular weight excluding hydrogens is 334 g/mol. The summed E-state index contributed by atoms with van der Waals surface area (Å²) < 4.78 is 26.9. The lowest BCUT2D eigenvalue weighted by atomic mass is 9.90. The van der Waals surface area contributed by atoms with Gasteiger partial charge in [-0.25, -0.2) is 8.78 Å². The van der Waals surface area contributed by atoms with Crippen LogP contribution in [0, 0.1) is 17.6 Å². The Morgan fingerprint density at radius 3 is 2.71 bits per heavy atom. The van der Waals surface area contributed by atoms with Crippen molar-refractivity contribution in [2.45, 2.75) is 19.3 Å². The molecule has 0 radical (unpaired) electrons. The minimum absolute atomic E-state index is 0.0162. The van der Waals surface area contributed by atoms with Gasteiger partial charge in [0.2, 0.25) is 5.91 Å². The van der Waals surface area contributed by atoms with Gasteiger partial charge in [0.05, 0.1) is 10.7 Å². The largest absolute Gasteiger partial charge is 0.399 e. The van der Waals surface area contributed by atoms with Crippen molar-refractivity contribution in [3.8, 4) is 0 Å². The summed E-state index contributed by atoms with van der Waals surface area (Å²) >= 11 is 6.20. The van der Waals surface area contributed by atoms with Crippen molar-refractivity contribution >= 4 is 28.9 Å². The van der Waals surface area contributed by atoms with Gasteiger partial charge in [-0.15, -0.1) is 0 Å². The van der Waals surface area contributed by atoms with Crippen molar-refractivity contribution in [1.29, 1.82) is 0 Å². The summed E-state index contributed by atoms with van der Waals surface area (Å²) in [4.78, 5) is 13.9. The molecule has 0 bridgehead atoms. The van der Waals surface area contributed by atoms with Crippen LogP contribution in [0.1, 0.15) is 18.4 Å². The maximum absolute atomic E-state index is 13.9. The normalized spacial score (nSPS) is 18.0. The summed E-state index contributed by atoms with van der Waals surface area (Å²) in [5.41, 5.74) is 7.28. The summed E-state index contributed by atoms with van der Waals surface area (Å²) in [6, 6.07) is 8.61. The summed E-state index contributed by atoms with van der Waals surface area (Å²) in [5.74, 6) is -1.08. The highest BCUT2D eigenvalue weighted by molar-refractivity contribution is 6.34. The molecule has 0 aliphatic carbocycles. The molecule has 3 rings (SSSR count). The zero-order chi connectivity index (χ0) is 17.3. The highest BCUT2D eigenvalue weighted by Gasteiger charge is 2.28. The number of amides is 1. The number of benzene rings is 2. The molecule has 0 aromatic heterocycles. The smallest absolute Gasteiger partial charge is 0.227 e. The third-order valence-electron chi connectivity index (χ3n) is 4.29. The van der Waals surface area contributed by atoms with Gasteiger partial charge < -0.3 is 10.6 Å². The van der Waals surface area contributed by atoms with Crippen LogP contribution in [-0.4, -0.2) is 12.5 Å². The number of nitrogens with two attached hydrogens (primary N) is 1. The van der Waals surface area contributed by atoms with Crippen molar-refractivity contribution < 1.29 is 13.6 Å². The van der Waals surface area contributed by atoms with E-state index in [9.17, 15) is 13.6 Å². The van der Waals surface area contributed by atoms with E-state index in [1.165, 1.54) is 12.1 Å². The minimum Gasteiger partial charge on any atom is -0.399 e. The van der Waals surface area contributed by atoms with E-state index in [4.69, 9.17) is 17.3 Å². The number of hydrogen-bond donors (Lipinski definition) is 1. The first kappa shape index (κ1) is 16.7. The van der Waals surface area contributed by atoms with Gasteiger partial charge in [0, 0.05) is 24.7 Å². The van der Waals surface area contributed by atoms with Crippen molar-refractivity contribution in [2.75, 3.05) is 17.2 Å². The topological polar surface area (TPSA) is 46.3 Å². The van der Waals surface area contributed by atoms with Crippen molar-refractivity contribution in [3.05, 3.63) is 58.6 Å². The fraction of sp³-hybridized carbons (Fsp3) is 0.278. The van der Waals surface area contributed by atoms with E-state index in [0.717, 1.165) is 6.07 Å². The molecular formula is C18H17ClF2N2O. The third kappa shape index (κ3) is 3.51. The highest BCUT2D eigenvalue weighted by atomic mass is 35.5. The standard InChI is InChI=1S/C18H17ClF2N2O/c19-15-9-14(22)4-5-17(15)23-10-11(1-6-18(23)24)7-12-2-3-13(20)8-16(12)21/h2-5,8-9,11H,1,6-7,10,22H2. The Kier molecular flexibility index (Phi) is 4.71. The highest BCUT2D eigenvalue weighted by Crippen LogP contribution is 2.33. The Labute approximate surface area is 144 Å². The molecule has 1 atom stereocenters. The lowest BCUT2D eigenvalue weighted by molar-refractivity contribution is -0.120. The molecule has 1 aliphatic heterocycles. The van der Waals surface area contributed by atoms with Crippen molar-refractivity contribution in [3.63, 3.8) is 0 Å². The number of nitrogens with zero attached hydrogens (tertiary/aromatic N) is 1. The van der Waals surface area contributed by atoms with Gasteiger partial charge in [-0.2, -0.15) is 0 Å². The number of piperidine rings is 1. The third-order valence-corrected chi connectivity index (χ3v) is 4.60. The maximum atomic E-state index is 13.9. The minimum atomic E-state index is -0.592. The second-order valence-electron chi connectivity index (χ2n) is 6.06. The van der Waals surface area contributed by atoms with E-state index < -0.39 is 11.6 Å². The van der Waals surface area contributed by atoms with Crippen LogP contribution < -0.4 is 10.6 Å². The van der Waals surface area contributed by atoms with Crippen molar-refractivity contribution in [2.24, 2.45) is 5.92 Å². The SMILES string of the molecule is Nc1ccc(N2CC(Cc3ccc(F)cc3F)CCC2=O)c(Cl)c1. The average Bonchev–Trinajstić information content (AvgIpc) is 2.52. The van der Waals surface area contributed by atoms with E-state index in [1.54, 1.807) is 23.1 Å². The van der Waals surface area contributed by atoms with Gasteiger partial charge in [-0.3, -0.25) is 4.79 Å². The predicted octanol–water partition coefficient (Wildman–Crippen LogP) is 4.19. The molecule has 1 heterocycles. The summed E-state index contributed by atoms with van der Waals surface area (Å²) in [6.07, 6.45) is 1.48. The van der Waals surface area contributed by atoms with Gasteiger partial charge in [0.1, 0.15) is 11.6 Å². The Hall–Kier alpha value is -2.14. The summed E-state index contributed by atoms with van der Waals surface area (Å²) in [7, 11) is 0. The van der Waals surface area contributed by atoms with Gasteiger partial charge in [0.15, 0.2) is 0 Å². The number of halogens is 3. The van der Waals surface area contributed by atoms with E-state index in [1.807, 2.05) is 0 Å². The molecule has 2 aromatic rings. The van der Waals surface area contributed by atoms with Crippen LogP contribution in [0.4, 0.5) is 20.2 Å². The molecule has 1 aliphatic rings. The van der Waals surface area contributed by atoms with Crippen LogP contribution in [0.25, 0.3) is 0 Å². The second kappa shape index (κ2) is 6.77. The van der Waals surface area contributed by atoms with Crippen LogP contribution >= 0.6 is 11.6 Å². The molecule has 2 aromatic carbocycles. The average molecular weight is 351 g/mol. The van der Waals surface area contributed by atoms with Gasteiger partial charge in [0.25, 0.3) is 0 Å². The molecule has 1 amide bonds. The monoisotopic (exact) mass is 350 g/mol. The number of nitrogen functional groups attached to an aromatic ring is 1. The van der Waals surface area contributed by atoms with E-state index in [0.29, 0.717) is 47.8 Å². The quantitative estimate of drug-likeness (QED) is 0.844. The molecule has 6 heteroatoms. The van der Waals surface area contributed by atoms with Crippen LogP contribution in [0.5, 0.6) is 0 Å².